The minimum Gasteiger partial charge on any atom is -0.330 e. The number of halogens is 3. The summed E-state index contributed by atoms with van der Waals surface area (Å²) in [6.07, 6.45) is 0.845. The van der Waals surface area contributed by atoms with Crippen molar-refractivity contribution >= 4 is 10.0 Å². The molecule has 0 radical (unpaired) electrons. The second kappa shape index (κ2) is 7.05. The Morgan fingerprint density at radius 2 is 1.70 bits per heavy atom. The molecular weight excluding hydrogens is 293 g/mol. The van der Waals surface area contributed by atoms with Gasteiger partial charge in [-0.15, -0.1) is 0 Å². The zero-order chi connectivity index (χ0) is 15.3. The van der Waals surface area contributed by atoms with Crippen LogP contribution in [0.3, 0.4) is 0 Å². The van der Waals surface area contributed by atoms with Crippen molar-refractivity contribution in [2.24, 2.45) is 5.73 Å². The maximum absolute atomic E-state index is 13.6. The van der Waals surface area contributed by atoms with Crippen LogP contribution in [0.5, 0.6) is 0 Å². The van der Waals surface area contributed by atoms with Gasteiger partial charge in [0.05, 0.1) is 0 Å². The number of nitrogens with zero attached hydrogens (tertiary/aromatic N) is 1. The Labute approximate surface area is 116 Å². The lowest BCUT2D eigenvalue weighted by Crippen LogP contribution is -2.34. The van der Waals surface area contributed by atoms with E-state index >= 15 is 0 Å². The average Bonchev–Trinajstić information content (AvgIpc) is 2.32. The molecule has 114 valence electrons. The van der Waals surface area contributed by atoms with Crippen molar-refractivity contribution in [3.05, 3.63) is 29.6 Å². The molecule has 0 aromatic heterocycles. The van der Waals surface area contributed by atoms with Crippen molar-refractivity contribution in [2.75, 3.05) is 19.6 Å². The third kappa shape index (κ3) is 3.71. The van der Waals surface area contributed by atoms with E-state index < -0.39 is 32.4 Å². The van der Waals surface area contributed by atoms with E-state index in [-0.39, 0.29) is 19.6 Å². The molecule has 0 saturated carbocycles. The SMILES string of the molecule is CCCN(CCCN)S(=O)(=O)c1c(F)cc(F)cc1F. The molecule has 1 rings (SSSR count). The Morgan fingerprint density at radius 1 is 1.15 bits per heavy atom. The number of sulfonamides is 1. The van der Waals surface area contributed by atoms with Crippen molar-refractivity contribution in [1.29, 1.82) is 0 Å². The lowest BCUT2D eigenvalue weighted by atomic mass is 10.3. The van der Waals surface area contributed by atoms with Crippen LogP contribution in [-0.4, -0.2) is 32.4 Å². The van der Waals surface area contributed by atoms with Gasteiger partial charge in [0.1, 0.15) is 17.5 Å². The van der Waals surface area contributed by atoms with Gasteiger partial charge in [-0.05, 0) is 19.4 Å². The molecule has 0 fully saturated rings. The molecule has 0 saturated heterocycles. The Bertz CT molecular complexity index is 541. The van der Waals surface area contributed by atoms with Crippen molar-refractivity contribution in [1.82, 2.24) is 4.31 Å². The van der Waals surface area contributed by atoms with Gasteiger partial charge in [-0.25, -0.2) is 21.6 Å². The summed E-state index contributed by atoms with van der Waals surface area (Å²) in [6, 6.07) is 0.700. The summed E-state index contributed by atoms with van der Waals surface area (Å²) < 4.78 is 65.6. The summed E-state index contributed by atoms with van der Waals surface area (Å²) in [5, 5.41) is 0. The number of nitrogens with two attached hydrogens (primary N) is 1. The van der Waals surface area contributed by atoms with Gasteiger partial charge in [-0.2, -0.15) is 4.31 Å². The fraction of sp³-hybridized carbons (Fsp3) is 0.500. The molecule has 1 aromatic rings. The number of benzene rings is 1. The first kappa shape index (κ1) is 16.9. The summed E-state index contributed by atoms with van der Waals surface area (Å²) in [5.41, 5.74) is 5.32. The van der Waals surface area contributed by atoms with Gasteiger partial charge in [0, 0.05) is 25.2 Å². The minimum absolute atomic E-state index is 0.0585. The minimum atomic E-state index is -4.35. The summed E-state index contributed by atoms with van der Waals surface area (Å²) in [4.78, 5) is -1.12. The van der Waals surface area contributed by atoms with Gasteiger partial charge in [0.2, 0.25) is 10.0 Å². The van der Waals surface area contributed by atoms with Crippen LogP contribution in [0, 0.1) is 17.5 Å². The van der Waals surface area contributed by atoms with Crippen LogP contribution in [0.4, 0.5) is 13.2 Å². The maximum Gasteiger partial charge on any atom is 0.248 e. The Hall–Kier alpha value is -1.12. The van der Waals surface area contributed by atoms with Crippen LogP contribution < -0.4 is 5.73 Å². The summed E-state index contributed by atoms with van der Waals surface area (Å²) in [7, 11) is -4.35. The van der Waals surface area contributed by atoms with Crippen molar-refractivity contribution in [2.45, 2.75) is 24.7 Å². The first-order valence-corrected chi connectivity index (χ1v) is 7.63. The molecule has 0 spiro atoms. The lowest BCUT2D eigenvalue weighted by molar-refractivity contribution is 0.396. The van der Waals surface area contributed by atoms with Crippen LogP contribution >= 0.6 is 0 Å². The van der Waals surface area contributed by atoms with Crippen molar-refractivity contribution in [3.63, 3.8) is 0 Å². The number of hydrogen-bond acceptors (Lipinski definition) is 3. The molecule has 8 heteroatoms. The largest absolute Gasteiger partial charge is 0.330 e. The highest BCUT2D eigenvalue weighted by atomic mass is 32.2. The molecule has 0 aliphatic rings. The summed E-state index contributed by atoms with van der Waals surface area (Å²) in [6.45, 7) is 2.16. The zero-order valence-corrected chi connectivity index (χ0v) is 11.9. The molecule has 0 aliphatic heterocycles. The van der Waals surface area contributed by atoms with Gasteiger partial charge in [0.15, 0.2) is 4.90 Å². The highest BCUT2D eigenvalue weighted by molar-refractivity contribution is 7.89. The highest BCUT2D eigenvalue weighted by Crippen LogP contribution is 2.24. The number of hydrogen-bond donors (Lipinski definition) is 1. The standard InChI is InChI=1S/C12H17F3N2O2S/c1-2-5-17(6-3-4-16)20(18,19)12-10(14)7-9(13)8-11(12)15/h7-8H,2-6,16H2,1H3. The first-order valence-electron chi connectivity index (χ1n) is 6.19. The topological polar surface area (TPSA) is 63.4 Å². The van der Waals surface area contributed by atoms with Gasteiger partial charge in [-0.3, -0.25) is 0 Å². The number of rotatable bonds is 7. The molecule has 2 N–H and O–H groups in total. The van der Waals surface area contributed by atoms with Crippen LogP contribution in [-0.2, 0) is 10.0 Å². The third-order valence-electron chi connectivity index (χ3n) is 2.65. The highest BCUT2D eigenvalue weighted by Gasteiger charge is 2.30. The molecule has 0 unspecified atom stereocenters. The van der Waals surface area contributed by atoms with E-state index in [0.29, 0.717) is 25.0 Å². The monoisotopic (exact) mass is 310 g/mol. The molecule has 0 aliphatic carbocycles. The van der Waals surface area contributed by atoms with E-state index in [0.717, 1.165) is 4.31 Å². The molecule has 0 bridgehead atoms. The second-order valence-electron chi connectivity index (χ2n) is 4.24. The predicted octanol–water partition coefficient (Wildman–Crippen LogP) is 1.85. The van der Waals surface area contributed by atoms with Gasteiger partial charge in [-0.1, -0.05) is 6.92 Å². The normalized spacial score (nSPS) is 12.1. The first-order chi connectivity index (χ1) is 9.34. The molecule has 4 nitrogen and oxygen atoms in total. The van der Waals surface area contributed by atoms with E-state index in [1.807, 2.05) is 0 Å². The fourth-order valence-corrected chi connectivity index (χ4v) is 3.43. The van der Waals surface area contributed by atoms with E-state index in [1.54, 1.807) is 6.92 Å². The molecule has 1 aromatic carbocycles. The molecule has 0 amide bonds. The van der Waals surface area contributed by atoms with Crippen molar-refractivity contribution < 1.29 is 21.6 Å². The van der Waals surface area contributed by atoms with Crippen LogP contribution in [0.25, 0.3) is 0 Å². The quantitative estimate of drug-likeness (QED) is 0.836. The fourth-order valence-electron chi connectivity index (χ4n) is 1.77. The Kier molecular flexibility index (Phi) is 5.97. The van der Waals surface area contributed by atoms with Crippen LogP contribution in [0.2, 0.25) is 0 Å². The third-order valence-corrected chi connectivity index (χ3v) is 4.60. The van der Waals surface area contributed by atoms with Gasteiger partial charge in [0.25, 0.3) is 0 Å². The average molecular weight is 310 g/mol. The molecule has 0 atom stereocenters. The molecule has 0 heterocycles. The zero-order valence-electron chi connectivity index (χ0n) is 11.1. The second-order valence-corrected chi connectivity index (χ2v) is 6.12. The van der Waals surface area contributed by atoms with E-state index in [9.17, 15) is 21.6 Å². The smallest absolute Gasteiger partial charge is 0.248 e. The van der Waals surface area contributed by atoms with E-state index in [4.69, 9.17) is 5.73 Å². The molecule has 20 heavy (non-hydrogen) atoms. The molecular formula is C12H17F3N2O2S. The Morgan fingerprint density at radius 3 is 2.15 bits per heavy atom. The van der Waals surface area contributed by atoms with Crippen LogP contribution in [0.1, 0.15) is 19.8 Å². The van der Waals surface area contributed by atoms with E-state index in [2.05, 4.69) is 0 Å². The lowest BCUT2D eigenvalue weighted by Gasteiger charge is -2.21. The summed E-state index contributed by atoms with van der Waals surface area (Å²) >= 11 is 0. The summed E-state index contributed by atoms with van der Waals surface area (Å²) in [5.74, 6) is -4.03. The van der Waals surface area contributed by atoms with Crippen molar-refractivity contribution in [3.8, 4) is 0 Å². The van der Waals surface area contributed by atoms with Gasteiger partial charge >= 0.3 is 0 Å². The van der Waals surface area contributed by atoms with Gasteiger partial charge < -0.3 is 5.73 Å². The predicted molar refractivity (Wildman–Crippen MR) is 69.0 cm³/mol. The van der Waals surface area contributed by atoms with E-state index in [1.165, 1.54) is 0 Å². The Balaban J connectivity index is 3.26. The maximum atomic E-state index is 13.6. The van der Waals surface area contributed by atoms with Crippen LogP contribution in [0.15, 0.2) is 17.0 Å².